The smallest absolute Gasteiger partial charge is 0.258 e. The second-order valence-corrected chi connectivity index (χ2v) is 10.4. The minimum atomic E-state index is -0.673. The topological polar surface area (TPSA) is 69.7 Å². The molecule has 0 radical (unpaired) electrons. The Bertz CT molecular complexity index is 1320. The first-order valence-corrected chi connectivity index (χ1v) is 13.3. The summed E-state index contributed by atoms with van der Waals surface area (Å²) in [4.78, 5) is 43.0. The molecule has 3 aromatic carbocycles. The van der Waals surface area contributed by atoms with E-state index < -0.39 is 6.04 Å². The van der Waals surface area contributed by atoms with E-state index in [9.17, 15) is 14.4 Å². The number of anilines is 1. The molecule has 1 aliphatic heterocycles. The van der Waals surface area contributed by atoms with Gasteiger partial charge in [-0.05, 0) is 56.3 Å². The summed E-state index contributed by atoms with van der Waals surface area (Å²) < 4.78 is 0. The lowest BCUT2D eigenvalue weighted by Crippen LogP contribution is -2.50. The van der Waals surface area contributed by atoms with Gasteiger partial charge in [-0.15, -0.1) is 0 Å². The number of amides is 3. The van der Waals surface area contributed by atoms with Gasteiger partial charge in [-0.25, -0.2) is 0 Å². The lowest BCUT2D eigenvalue weighted by Gasteiger charge is -2.32. The molecule has 0 fully saturated rings. The van der Waals surface area contributed by atoms with E-state index in [-0.39, 0.29) is 36.7 Å². The number of hydrogen-bond donors (Lipinski definition) is 1. The van der Waals surface area contributed by atoms with E-state index in [2.05, 4.69) is 5.32 Å². The first kappa shape index (κ1) is 27.0. The van der Waals surface area contributed by atoms with Gasteiger partial charge in [0.05, 0.1) is 5.69 Å². The molecule has 37 heavy (non-hydrogen) atoms. The zero-order chi connectivity index (χ0) is 26.7. The van der Waals surface area contributed by atoms with Gasteiger partial charge in [0.2, 0.25) is 11.8 Å². The number of rotatable bonds is 10. The van der Waals surface area contributed by atoms with Crippen molar-refractivity contribution >= 4 is 57.4 Å². The maximum atomic E-state index is 13.6. The van der Waals surface area contributed by atoms with Crippen molar-refractivity contribution in [1.82, 2.24) is 10.2 Å². The first-order valence-electron chi connectivity index (χ1n) is 12.6. The Morgan fingerprint density at radius 3 is 2.30 bits per heavy atom. The average Bonchev–Trinajstić information content (AvgIpc) is 3.13. The predicted molar refractivity (Wildman–Crippen MR) is 149 cm³/mol. The van der Waals surface area contributed by atoms with Crippen LogP contribution in [0.3, 0.4) is 0 Å². The summed E-state index contributed by atoms with van der Waals surface area (Å²) in [7, 11) is 0. The van der Waals surface area contributed by atoms with E-state index in [1.807, 2.05) is 57.2 Å². The molecule has 0 aliphatic carbocycles. The molecule has 0 unspecified atom stereocenters. The van der Waals surface area contributed by atoms with E-state index in [0.717, 1.165) is 16.5 Å². The Morgan fingerprint density at radius 1 is 1.00 bits per heavy atom. The molecule has 0 spiro atoms. The zero-order valence-electron chi connectivity index (χ0n) is 21.3. The number of carbonyl (C=O) groups is 3. The van der Waals surface area contributed by atoms with Crippen LogP contribution in [-0.2, 0) is 16.1 Å². The summed E-state index contributed by atoms with van der Waals surface area (Å²) in [5.74, 6) is -0.461. The van der Waals surface area contributed by atoms with Gasteiger partial charge in [-0.1, -0.05) is 60.5 Å². The van der Waals surface area contributed by atoms with Crippen molar-refractivity contribution in [2.24, 2.45) is 0 Å². The maximum Gasteiger partial charge on any atom is 0.258 e. The first-order chi connectivity index (χ1) is 17.7. The highest BCUT2D eigenvalue weighted by molar-refractivity contribution is 6.36. The zero-order valence-corrected chi connectivity index (χ0v) is 22.8. The normalized spacial score (nSPS) is 13.4. The van der Waals surface area contributed by atoms with Crippen molar-refractivity contribution in [3.8, 4) is 0 Å². The van der Waals surface area contributed by atoms with Crippen LogP contribution in [0.2, 0.25) is 10.0 Å². The molecule has 0 bridgehead atoms. The Hall–Kier alpha value is -3.09. The van der Waals surface area contributed by atoms with Gasteiger partial charge in [-0.3, -0.25) is 14.4 Å². The summed E-state index contributed by atoms with van der Waals surface area (Å²) in [6.45, 7) is 6.16. The second-order valence-electron chi connectivity index (χ2n) is 9.55. The number of nitrogens with zero attached hydrogens (tertiary/aromatic N) is 2. The monoisotopic (exact) mass is 539 g/mol. The molecule has 1 atom stereocenters. The number of carbonyl (C=O) groups excluding carboxylic acids is 3. The van der Waals surface area contributed by atoms with Gasteiger partial charge in [-0.2, -0.15) is 0 Å². The van der Waals surface area contributed by atoms with Crippen LogP contribution in [0.25, 0.3) is 10.8 Å². The summed E-state index contributed by atoms with van der Waals surface area (Å²) in [6, 6.07) is 16.0. The van der Waals surface area contributed by atoms with Crippen LogP contribution in [-0.4, -0.2) is 41.2 Å². The van der Waals surface area contributed by atoms with E-state index >= 15 is 0 Å². The van der Waals surface area contributed by atoms with Crippen molar-refractivity contribution in [3.63, 3.8) is 0 Å². The Labute approximate surface area is 227 Å². The lowest BCUT2D eigenvalue weighted by atomic mass is 10.1. The molecule has 8 heteroatoms. The molecule has 194 valence electrons. The van der Waals surface area contributed by atoms with E-state index in [1.54, 1.807) is 28.0 Å². The fourth-order valence-electron chi connectivity index (χ4n) is 4.89. The molecular weight excluding hydrogens is 509 g/mol. The summed E-state index contributed by atoms with van der Waals surface area (Å²) in [6.07, 6.45) is 1.06. The van der Waals surface area contributed by atoms with E-state index in [0.29, 0.717) is 40.6 Å². The van der Waals surface area contributed by atoms with Crippen molar-refractivity contribution in [1.29, 1.82) is 0 Å². The minimum Gasteiger partial charge on any atom is -0.352 e. The van der Waals surface area contributed by atoms with Gasteiger partial charge >= 0.3 is 0 Å². The molecule has 1 N–H and O–H groups in total. The van der Waals surface area contributed by atoms with Crippen molar-refractivity contribution in [2.45, 2.75) is 58.7 Å². The third-order valence-electron chi connectivity index (χ3n) is 6.63. The van der Waals surface area contributed by atoms with Crippen molar-refractivity contribution in [2.75, 3.05) is 11.4 Å². The lowest BCUT2D eigenvalue weighted by molar-refractivity contribution is -0.141. The van der Waals surface area contributed by atoms with Gasteiger partial charge in [0.25, 0.3) is 5.91 Å². The van der Waals surface area contributed by atoms with Crippen molar-refractivity contribution in [3.05, 3.63) is 75.8 Å². The number of hydrogen-bond acceptors (Lipinski definition) is 3. The summed E-state index contributed by atoms with van der Waals surface area (Å²) in [5.41, 5.74) is 2.16. The van der Waals surface area contributed by atoms with Gasteiger partial charge in [0.15, 0.2) is 0 Å². The van der Waals surface area contributed by atoms with E-state index in [4.69, 9.17) is 23.2 Å². The Balaban J connectivity index is 1.52. The molecule has 1 heterocycles. The molecule has 6 nitrogen and oxygen atoms in total. The number of halogens is 2. The molecule has 1 aliphatic rings. The molecule has 0 saturated carbocycles. The molecule has 0 saturated heterocycles. The predicted octanol–water partition coefficient (Wildman–Crippen LogP) is 6.22. The van der Waals surface area contributed by atoms with Gasteiger partial charge in [0.1, 0.15) is 6.04 Å². The van der Waals surface area contributed by atoms with Crippen LogP contribution in [0, 0.1) is 0 Å². The second kappa shape index (κ2) is 11.5. The SMILES string of the molecule is CC[C@@H](C(=O)NC(C)C)N(Cc1c(Cl)cccc1Cl)C(=O)CCCN1C(=O)c2cccc3cccc1c23. The summed E-state index contributed by atoms with van der Waals surface area (Å²) >= 11 is 12.8. The molecular formula is C29H31Cl2N3O3. The van der Waals surface area contributed by atoms with Gasteiger partial charge in [0, 0.05) is 52.1 Å². The third kappa shape index (κ3) is 5.60. The molecule has 3 amide bonds. The van der Waals surface area contributed by atoms with Crippen LogP contribution < -0.4 is 10.2 Å². The highest BCUT2D eigenvalue weighted by Gasteiger charge is 2.32. The highest BCUT2D eigenvalue weighted by Crippen LogP contribution is 2.37. The fraction of sp³-hybridized carbons (Fsp3) is 0.345. The Morgan fingerprint density at radius 2 is 1.65 bits per heavy atom. The van der Waals surface area contributed by atoms with Crippen molar-refractivity contribution < 1.29 is 14.4 Å². The number of benzene rings is 3. The van der Waals surface area contributed by atoms with Crippen LogP contribution in [0.15, 0.2) is 54.6 Å². The van der Waals surface area contributed by atoms with Crippen LogP contribution in [0.5, 0.6) is 0 Å². The van der Waals surface area contributed by atoms with Crippen LogP contribution in [0.1, 0.15) is 56.0 Å². The minimum absolute atomic E-state index is 0.0540. The average molecular weight is 540 g/mol. The quantitative estimate of drug-likeness (QED) is 0.332. The maximum absolute atomic E-state index is 13.6. The van der Waals surface area contributed by atoms with E-state index in [1.165, 1.54) is 0 Å². The van der Waals surface area contributed by atoms with Crippen LogP contribution in [0.4, 0.5) is 5.69 Å². The Kier molecular flexibility index (Phi) is 8.40. The summed E-state index contributed by atoms with van der Waals surface area (Å²) in [5, 5.41) is 5.78. The third-order valence-corrected chi connectivity index (χ3v) is 7.34. The molecule has 3 aromatic rings. The largest absolute Gasteiger partial charge is 0.352 e. The number of nitrogens with one attached hydrogen (secondary N) is 1. The van der Waals surface area contributed by atoms with Gasteiger partial charge < -0.3 is 15.1 Å². The van der Waals surface area contributed by atoms with Crippen LogP contribution >= 0.6 is 23.2 Å². The highest BCUT2D eigenvalue weighted by atomic mass is 35.5. The standard InChI is InChI=1S/C29H31Cl2N3O3/c1-4-24(28(36)32-18(2)3)34(17-21-22(30)12-7-13-23(21)31)26(35)15-8-16-33-25-14-6-10-19-9-5-11-20(27(19)25)29(33)37/h5-7,9-14,18,24H,4,8,15-17H2,1-3H3,(H,32,36)/t24-/m0/s1. The molecule has 0 aromatic heterocycles. The fourth-order valence-corrected chi connectivity index (χ4v) is 5.40. The molecule has 4 rings (SSSR count).